The Balaban J connectivity index is 2.82. The fourth-order valence-corrected chi connectivity index (χ4v) is 0.574. The van der Waals surface area contributed by atoms with Gasteiger partial charge >= 0.3 is 0 Å². The van der Waals surface area contributed by atoms with Gasteiger partial charge in [0, 0.05) is 0 Å². The second kappa shape index (κ2) is 3.66. The first-order valence-electron chi connectivity index (χ1n) is 3.22. The first-order valence-corrected chi connectivity index (χ1v) is 3.22. The lowest BCUT2D eigenvalue weighted by Crippen LogP contribution is -2.13. The van der Waals surface area contributed by atoms with Crippen molar-refractivity contribution in [2.24, 2.45) is 0 Å². The summed E-state index contributed by atoms with van der Waals surface area (Å²) in [6.07, 6.45) is 2.29. The van der Waals surface area contributed by atoms with Crippen molar-refractivity contribution < 1.29 is 9.13 Å². The maximum Gasteiger partial charge on any atom is 0.296 e. The molecule has 0 radical (unpaired) electrons. The molecule has 0 amide bonds. The number of hydrogen-bond donors (Lipinski definition) is 1. The molecule has 0 bridgehead atoms. The van der Waals surface area contributed by atoms with Gasteiger partial charge in [-0.15, -0.1) is 0 Å². The van der Waals surface area contributed by atoms with Crippen molar-refractivity contribution >= 4 is 0 Å². The van der Waals surface area contributed by atoms with Gasteiger partial charge in [0.1, 0.15) is 6.61 Å². The molecule has 0 aromatic carbocycles. The van der Waals surface area contributed by atoms with Gasteiger partial charge in [0.2, 0.25) is 5.82 Å². The number of ether oxygens (including phenoxy) is 1. The Bertz CT molecular complexity index is 334. The Hall–Kier alpha value is -1.65. The number of hydrogen-bond acceptors (Lipinski definition) is 3. The Kier molecular flexibility index (Phi) is 2.57. The van der Waals surface area contributed by atoms with Crippen molar-refractivity contribution in [1.82, 2.24) is 9.97 Å². The van der Waals surface area contributed by atoms with E-state index in [1.54, 1.807) is 0 Å². The van der Waals surface area contributed by atoms with Crippen LogP contribution >= 0.6 is 0 Å². The van der Waals surface area contributed by atoms with E-state index in [1.807, 2.05) is 0 Å². The molecule has 0 saturated carbocycles. The van der Waals surface area contributed by atoms with E-state index in [9.17, 15) is 9.18 Å². The lowest BCUT2D eigenvalue weighted by atomic mass is 10.6. The molecule has 0 aliphatic carbocycles. The van der Waals surface area contributed by atoms with E-state index in [0.717, 1.165) is 6.20 Å². The smallest absolute Gasteiger partial charge is 0.296 e. The summed E-state index contributed by atoms with van der Waals surface area (Å²) in [6.45, 7) is 3.61. The molecule has 12 heavy (non-hydrogen) atoms. The highest BCUT2D eigenvalue weighted by Crippen LogP contribution is 1.96. The van der Waals surface area contributed by atoms with Crippen LogP contribution in [0.3, 0.4) is 0 Å². The number of rotatable bonds is 3. The third kappa shape index (κ3) is 1.91. The van der Waals surface area contributed by atoms with Crippen LogP contribution in [0.15, 0.2) is 23.6 Å². The van der Waals surface area contributed by atoms with Crippen molar-refractivity contribution in [3.05, 3.63) is 35.0 Å². The molecule has 4 nitrogen and oxygen atoms in total. The summed E-state index contributed by atoms with van der Waals surface area (Å²) in [7, 11) is 0. The first-order chi connectivity index (χ1) is 5.74. The van der Waals surface area contributed by atoms with Crippen molar-refractivity contribution in [2.75, 3.05) is 6.61 Å². The number of nitrogens with one attached hydrogen (secondary N) is 1. The monoisotopic (exact) mass is 170 g/mol. The van der Waals surface area contributed by atoms with Crippen molar-refractivity contribution in [1.29, 1.82) is 0 Å². The topological polar surface area (TPSA) is 55.0 Å². The van der Waals surface area contributed by atoms with E-state index in [4.69, 9.17) is 4.74 Å². The van der Waals surface area contributed by atoms with Crippen LogP contribution in [0.25, 0.3) is 0 Å². The van der Waals surface area contributed by atoms with E-state index in [2.05, 4.69) is 16.5 Å². The van der Waals surface area contributed by atoms with Crippen LogP contribution < -0.4 is 10.3 Å². The first kappa shape index (κ1) is 8.45. The van der Waals surface area contributed by atoms with E-state index < -0.39 is 11.4 Å². The van der Waals surface area contributed by atoms with Gasteiger partial charge in [0.25, 0.3) is 11.6 Å². The quantitative estimate of drug-likeness (QED) is 0.671. The molecule has 1 N–H and O–H groups in total. The zero-order chi connectivity index (χ0) is 8.97. The second-order valence-electron chi connectivity index (χ2n) is 1.97. The van der Waals surface area contributed by atoms with Crippen molar-refractivity contribution in [3.63, 3.8) is 0 Å². The second-order valence-corrected chi connectivity index (χ2v) is 1.97. The number of H-pyrrole nitrogens is 1. The number of halogens is 1. The number of aromatic nitrogens is 2. The van der Waals surface area contributed by atoms with Gasteiger partial charge < -0.3 is 4.74 Å². The average molecular weight is 170 g/mol. The Labute approximate surface area is 67.7 Å². The van der Waals surface area contributed by atoms with Crippen LogP contribution in [-0.2, 0) is 0 Å². The standard InChI is InChI=1S/C7H7FN2O2/c1-2-3-12-7-9-4-5(8)6(11)10-7/h2,4H,1,3H2,(H,9,10,11). The molecule has 0 fully saturated rings. The minimum Gasteiger partial charge on any atom is -0.461 e. The lowest BCUT2D eigenvalue weighted by Gasteiger charge is -1.99. The minimum absolute atomic E-state index is 0.0127. The zero-order valence-electron chi connectivity index (χ0n) is 6.21. The fourth-order valence-electron chi connectivity index (χ4n) is 0.574. The molecule has 0 atom stereocenters. The van der Waals surface area contributed by atoms with Gasteiger partial charge in [-0.1, -0.05) is 12.7 Å². The Morgan fingerprint density at radius 2 is 2.58 bits per heavy atom. The molecule has 0 saturated heterocycles. The van der Waals surface area contributed by atoms with Crippen LogP contribution in [0, 0.1) is 5.82 Å². The summed E-state index contributed by atoms with van der Waals surface area (Å²) in [5, 5.41) is 0. The molecular formula is C7H7FN2O2. The molecule has 0 aliphatic heterocycles. The van der Waals surface area contributed by atoms with Gasteiger partial charge in [-0.25, -0.2) is 4.98 Å². The van der Waals surface area contributed by atoms with Crippen LogP contribution in [0.1, 0.15) is 0 Å². The summed E-state index contributed by atoms with van der Waals surface area (Å²) in [4.78, 5) is 16.2. The molecule has 0 spiro atoms. The van der Waals surface area contributed by atoms with Gasteiger partial charge in [0.15, 0.2) is 0 Å². The van der Waals surface area contributed by atoms with E-state index >= 15 is 0 Å². The summed E-state index contributed by atoms with van der Waals surface area (Å²) in [6, 6.07) is -0.0127. The lowest BCUT2D eigenvalue weighted by molar-refractivity contribution is 0.329. The van der Waals surface area contributed by atoms with Crippen LogP contribution in [0.2, 0.25) is 0 Å². The van der Waals surface area contributed by atoms with E-state index in [-0.39, 0.29) is 12.6 Å². The summed E-state index contributed by atoms with van der Waals surface area (Å²) < 4.78 is 17.2. The normalized spacial score (nSPS) is 9.42. The molecule has 1 aromatic heterocycles. The Morgan fingerprint density at radius 3 is 3.17 bits per heavy atom. The number of aromatic amines is 1. The SMILES string of the molecule is C=CCOc1ncc(F)c(=O)[nH]1. The molecule has 1 aromatic rings. The van der Waals surface area contributed by atoms with Crippen LogP contribution in [0.4, 0.5) is 4.39 Å². The highest BCUT2D eigenvalue weighted by Gasteiger charge is 1.99. The fraction of sp³-hybridized carbons (Fsp3) is 0.143. The van der Waals surface area contributed by atoms with Crippen LogP contribution in [-0.4, -0.2) is 16.6 Å². The van der Waals surface area contributed by atoms with Gasteiger partial charge in [-0.3, -0.25) is 9.78 Å². The van der Waals surface area contributed by atoms with Crippen molar-refractivity contribution in [3.8, 4) is 6.01 Å². The third-order valence-corrected chi connectivity index (χ3v) is 1.07. The zero-order valence-corrected chi connectivity index (χ0v) is 6.21. The number of nitrogens with zero attached hydrogens (tertiary/aromatic N) is 1. The maximum absolute atomic E-state index is 12.3. The molecule has 64 valence electrons. The Morgan fingerprint density at radius 1 is 1.83 bits per heavy atom. The van der Waals surface area contributed by atoms with Gasteiger partial charge in [0.05, 0.1) is 6.20 Å². The molecule has 1 heterocycles. The average Bonchev–Trinajstić information content (AvgIpc) is 2.07. The van der Waals surface area contributed by atoms with Crippen molar-refractivity contribution in [2.45, 2.75) is 0 Å². The van der Waals surface area contributed by atoms with Gasteiger partial charge in [-0.2, -0.15) is 4.39 Å². The summed E-state index contributed by atoms with van der Waals surface area (Å²) >= 11 is 0. The predicted octanol–water partition coefficient (Wildman–Crippen LogP) is 0.474. The summed E-state index contributed by atoms with van der Waals surface area (Å²) in [5.74, 6) is -0.930. The highest BCUT2D eigenvalue weighted by molar-refractivity contribution is 4.96. The molecule has 0 unspecified atom stereocenters. The predicted molar refractivity (Wildman–Crippen MR) is 40.5 cm³/mol. The largest absolute Gasteiger partial charge is 0.461 e. The molecular weight excluding hydrogens is 163 g/mol. The van der Waals surface area contributed by atoms with Gasteiger partial charge in [-0.05, 0) is 0 Å². The molecule has 0 aliphatic rings. The molecule has 1 rings (SSSR count). The highest BCUT2D eigenvalue weighted by atomic mass is 19.1. The maximum atomic E-state index is 12.3. The third-order valence-electron chi connectivity index (χ3n) is 1.07. The van der Waals surface area contributed by atoms with E-state index in [1.165, 1.54) is 6.08 Å². The minimum atomic E-state index is -0.930. The van der Waals surface area contributed by atoms with Crippen LogP contribution in [0.5, 0.6) is 6.01 Å². The van der Waals surface area contributed by atoms with E-state index in [0.29, 0.717) is 0 Å². The summed E-state index contributed by atoms with van der Waals surface area (Å²) in [5.41, 5.74) is -0.843. The molecule has 5 heteroatoms.